The van der Waals surface area contributed by atoms with Gasteiger partial charge < -0.3 is 10.2 Å². The molecule has 5 nitrogen and oxygen atoms in total. The number of carboxylic acid groups (broad SMARTS) is 2. The van der Waals surface area contributed by atoms with E-state index >= 15 is 0 Å². The fourth-order valence-electron chi connectivity index (χ4n) is 1.52. The monoisotopic (exact) mass is 302 g/mol. The first-order chi connectivity index (χ1) is 9.79. The summed E-state index contributed by atoms with van der Waals surface area (Å²) in [4.78, 5) is 19.0. The molecule has 0 aromatic carbocycles. The van der Waals surface area contributed by atoms with E-state index in [2.05, 4.69) is 26.5 Å². The van der Waals surface area contributed by atoms with Gasteiger partial charge in [0, 0.05) is 0 Å². The molecule has 0 aromatic heterocycles. The van der Waals surface area contributed by atoms with E-state index in [0.717, 1.165) is 19.3 Å². The summed E-state index contributed by atoms with van der Waals surface area (Å²) in [6.07, 6.45) is 7.90. The van der Waals surface area contributed by atoms with Crippen molar-refractivity contribution in [2.24, 2.45) is 0 Å². The molecule has 124 valence electrons. The van der Waals surface area contributed by atoms with Crippen molar-refractivity contribution >= 4 is 6.16 Å². The maximum Gasteiger partial charge on any atom is 0.503 e. The first-order valence-corrected chi connectivity index (χ1v) is 7.33. The average molecular weight is 302 g/mol. The van der Waals surface area contributed by atoms with Crippen LogP contribution in [0.15, 0.2) is 24.3 Å². The molecule has 0 aliphatic heterocycles. The number of allylic oxidation sites excluding steroid dienone is 2. The lowest BCUT2D eigenvalue weighted by atomic mass is 10.0. The van der Waals surface area contributed by atoms with Crippen LogP contribution >= 0.6 is 0 Å². The molecule has 0 fully saturated rings. The number of hydrogen-bond donors (Lipinski definition) is 2. The highest BCUT2D eigenvalue weighted by molar-refractivity contribution is 5.53. The average Bonchev–Trinajstić information content (AvgIpc) is 2.38. The molecule has 0 aromatic rings. The fraction of sp³-hybridized carbons (Fsp3) is 0.688. The van der Waals surface area contributed by atoms with E-state index in [0.29, 0.717) is 6.61 Å². The number of carbonyl (C=O) groups is 1. The summed E-state index contributed by atoms with van der Waals surface area (Å²) in [5.41, 5.74) is 1.15. The molecule has 0 amide bonds. The van der Waals surface area contributed by atoms with Crippen LogP contribution in [0.4, 0.5) is 4.79 Å². The van der Waals surface area contributed by atoms with Gasteiger partial charge in [-0.3, -0.25) is 0 Å². The highest BCUT2D eigenvalue weighted by atomic mass is 17.2. The highest BCUT2D eigenvalue weighted by Crippen LogP contribution is 2.14. The standard InChI is InChI=1S/C15H28O2.CH2O3/c1-6-10-14(11-7-2)12-9-13-16-17-15(4,5)8-3;2-1(3)4/h8,10H,3,6-7,9,11-13H2,1-2,4-5H3;(H2,2,3,4). The predicted octanol–water partition coefficient (Wildman–Crippen LogP) is 5.04. The summed E-state index contributed by atoms with van der Waals surface area (Å²) in [7, 11) is 0. The molecule has 0 spiro atoms. The van der Waals surface area contributed by atoms with Crippen LogP contribution in [0, 0.1) is 0 Å². The lowest BCUT2D eigenvalue weighted by Gasteiger charge is -2.18. The van der Waals surface area contributed by atoms with Gasteiger partial charge in [-0.05, 0) is 39.5 Å². The van der Waals surface area contributed by atoms with Crippen molar-refractivity contribution in [3.8, 4) is 0 Å². The molecule has 0 saturated carbocycles. The molecule has 0 saturated heterocycles. The van der Waals surface area contributed by atoms with Crippen molar-refractivity contribution in [1.29, 1.82) is 0 Å². The van der Waals surface area contributed by atoms with E-state index in [1.807, 2.05) is 13.8 Å². The Morgan fingerprint density at radius 2 is 1.81 bits per heavy atom. The fourth-order valence-corrected chi connectivity index (χ4v) is 1.52. The summed E-state index contributed by atoms with van der Waals surface area (Å²) in [6.45, 7) is 12.6. The first-order valence-electron chi connectivity index (χ1n) is 7.33. The van der Waals surface area contributed by atoms with Crippen LogP contribution in [-0.2, 0) is 9.78 Å². The second-order valence-corrected chi connectivity index (χ2v) is 5.12. The van der Waals surface area contributed by atoms with Crippen molar-refractivity contribution in [3.63, 3.8) is 0 Å². The third-order valence-corrected chi connectivity index (χ3v) is 2.55. The molecule has 0 unspecified atom stereocenters. The van der Waals surface area contributed by atoms with Gasteiger partial charge in [-0.25, -0.2) is 14.6 Å². The van der Waals surface area contributed by atoms with Crippen molar-refractivity contribution in [2.75, 3.05) is 6.61 Å². The van der Waals surface area contributed by atoms with Gasteiger partial charge in [0.05, 0.1) is 6.61 Å². The molecule has 5 heteroatoms. The highest BCUT2D eigenvalue weighted by Gasteiger charge is 2.13. The third kappa shape index (κ3) is 18.7. The molecular weight excluding hydrogens is 272 g/mol. The van der Waals surface area contributed by atoms with E-state index < -0.39 is 11.8 Å². The second kappa shape index (κ2) is 13.6. The quantitative estimate of drug-likeness (QED) is 0.256. The van der Waals surface area contributed by atoms with Gasteiger partial charge in [0.1, 0.15) is 5.60 Å². The van der Waals surface area contributed by atoms with Gasteiger partial charge in [0.25, 0.3) is 0 Å². The van der Waals surface area contributed by atoms with Crippen molar-refractivity contribution in [1.82, 2.24) is 0 Å². The van der Waals surface area contributed by atoms with Crippen LogP contribution in [0.3, 0.4) is 0 Å². The summed E-state index contributed by atoms with van der Waals surface area (Å²) >= 11 is 0. The normalized spacial score (nSPS) is 11.5. The van der Waals surface area contributed by atoms with Gasteiger partial charge in [-0.15, -0.1) is 6.58 Å². The lowest BCUT2D eigenvalue weighted by molar-refractivity contribution is -0.340. The Morgan fingerprint density at radius 3 is 2.24 bits per heavy atom. The zero-order chi connectivity index (χ0) is 16.7. The van der Waals surface area contributed by atoms with Crippen LogP contribution < -0.4 is 0 Å². The predicted molar refractivity (Wildman–Crippen MR) is 84.5 cm³/mol. The molecule has 2 N–H and O–H groups in total. The van der Waals surface area contributed by atoms with E-state index in [4.69, 9.17) is 24.8 Å². The van der Waals surface area contributed by atoms with Gasteiger partial charge in [0.15, 0.2) is 0 Å². The second-order valence-electron chi connectivity index (χ2n) is 5.12. The van der Waals surface area contributed by atoms with Crippen LogP contribution in [0.2, 0.25) is 0 Å². The molecule has 0 heterocycles. The Hall–Kier alpha value is -1.33. The summed E-state index contributed by atoms with van der Waals surface area (Å²) in [5.74, 6) is 0. The van der Waals surface area contributed by atoms with Gasteiger partial charge in [-0.2, -0.15) is 0 Å². The molecule has 0 aliphatic rings. The molecule has 0 rings (SSSR count). The Bertz CT molecular complexity index is 304. The third-order valence-electron chi connectivity index (χ3n) is 2.55. The minimum atomic E-state index is -1.83. The Kier molecular flexibility index (Phi) is 14.3. The largest absolute Gasteiger partial charge is 0.503 e. The van der Waals surface area contributed by atoms with Gasteiger partial charge in [0.2, 0.25) is 0 Å². The van der Waals surface area contributed by atoms with Crippen LogP contribution in [0.25, 0.3) is 0 Å². The van der Waals surface area contributed by atoms with Crippen molar-refractivity contribution < 1.29 is 24.8 Å². The smallest absolute Gasteiger partial charge is 0.450 e. The number of rotatable bonds is 10. The molecule has 0 aliphatic carbocycles. The Labute approximate surface area is 128 Å². The zero-order valence-electron chi connectivity index (χ0n) is 13.7. The summed E-state index contributed by atoms with van der Waals surface area (Å²) in [6, 6.07) is 0. The SMILES string of the molecule is C=CC(C)(C)OOCCCC(=CCC)CCC.O=C(O)O. The molecule has 0 atom stereocenters. The maximum absolute atomic E-state index is 8.56. The van der Waals surface area contributed by atoms with Crippen molar-refractivity contribution in [2.45, 2.75) is 65.4 Å². The summed E-state index contributed by atoms with van der Waals surface area (Å²) in [5, 5.41) is 13.9. The zero-order valence-corrected chi connectivity index (χ0v) is 13.7. The van der Waals surface area contributed by atoms with Crippen LogP contribution in [0.1, 0.15) is 59.8 Å². The number of hydrogen-bond acceptors (Lipinski definition) is 3. The Morgan fingerprint density at radius 1 is 1.24 bits per heavy atom. The first kappa shape index (κ1) is 22.0. The minimum absolute atomic E-state index is 0.397. The molecular formula is C16H30O5. The van der Waals surface area contributed by atoms with E-state index in [9.17, 15) is 0 Å². The maximum atomic E-state index is 8.56. The van der Waals surface area contributed by atoms with Gasteiger partial charge in [-0.1, -0.05) is 38.0 Å². The molecule has 0 radical (unpaired) electrons. The van der Waals surface area contributed by atoms with Crippen LogP contribution in [-0.4, -0.2) is 28.6 Å². The van der Waals surface area contributed by atoms with Crippen LogP contribution in [0.5, 0.6) is 0 Å². The lowest BCUT2D eigenvalue weighted by Crippen LogP contribution is -2.21. The van der Waals surface area contributed by atoms with Gasteiger partial charge >= 0.3 is 6.16 Å². The van der Waals surface area contributed by atoms with E-state index in [-0.39, 0.29) is 0 Å². The molecule has 0 bridgehead atoms. The summed E-state index contributed by atoms with van der Waals surface area (Å²) < 4.78 is 0. The molecule has 21 heavy (non-hydrogen) atoms. The van der Waals surface area contributed by atoms with E-state index in [1.165, 1.54) is 12.8 Å². The van der Waals surface area contributed by atoms with Crippen molar-refractivity contribution in [3.05, 3.63) is 24.3 Å². The minimum Gasteiger partial charge on any atom is -0.450 e. The van der Waals surface area contributed by atoms with E-state index in [1.54, 1.807) is 11.6 Å². The topological polar surface area (TPSA) is 76.0 Å². The Balaban J connectivity index is 0.